The minimum Gasteiger partial charge on any atom is -0.315 e. The zero-order valence-corrected chi connectivity index (χ0v) is 13.1. The zero-order valence-electron chi connectivity index (χ0n) is 11.5. The van der Waals surface area contributed by atoms with Crippen molar-refractivity contribution < 1.29 is 8.42 Å². The van der Waals surface area contributed by atoms with Gasteiger partial charge in [-0.3, -0.25) is 4.72 Å². The van der Waals surface area contributed by atoms with Crippen LogP contribution in [0.1, 0.15) is 17.4 Å². The number of aryl methyl sites for hydroxylation is 1. The number of rotatable bonds is 6. The third-order valence-corrected chi connectivity index (χ3v) is 5.47. The molecule has 0 aliphatic rings. The van der Waals surface area contributed by atoms with Crippen LogP contribution < -0.4 is 10.0 Å². The van der Waals surface area contributed by atoms with Gasteiger partial charge in [0.1, 0.15) is 4.90 Å². The molecule has 0 radical (unpaired) electrons. The Kier molecular flexibility index (Phi) is 4.80. The van der Waals surface area contributed by atoms with Crippen LogP contribution in [0.2, 0.25) is 0 Å². The number of sulfonamides is 1. The Morgan fingerprint density at radius 1 is 1.20 bits per heavy atom. The van der Waals surface area contributed by atoms with Crippen LogP contribution in [0.15, 0.2) is 40.6 Å². The summed E-state index contributed by atoms with van der Waals surface area (Å²) in [7, 11) is -1.73. The monoisotopic (exact) mass is 310 g/mol. The second-order valence-electron chi connectivity index (χ2n) is 4.35. The van der Waals surface area contributed by atoms with Gasteiger partial charge in [-0.05, 0) is 36.5 Å². The molecule has 6 heteroatoms. The van der Waals surface area contributed by atoms with Gasteiger partial charge in [0.15, 0.2) is 0 Å². The fraction of sp³-hybridized carbons (Fsp3) is 0.286. The fourth-order valence-electron chi connectivity index (χ4n) is 1.99. The van der Waals surface area contributed by atoms with Crippen molar-refractivity contribution in [3.05, 3.63) is 46.2 Å². The van der Waals surface area contributed by atoms with Crippen LogP contribution in [0.3, 0.4) is 0 Å². The van der Waals surface area contributed by atoms with Gasteiger partial charge in [-0.25, -0.2) is 8.42 Å². The molecule has 0 unspecified atom stereocenters. The van der Waals surface area contributed by atoms with Crippen LogP contribution in [0.25, 0.3) is 0 Å². The van der Waals surface area contributed by atoms with Gasteiger partial charge < -0.3 is 5.32 Å². The Balaban J connectivity index is 2.33. The molecule has 1 aromatic carbocycles. The summed E-state index contributed by atoms with van der Waals surface area (Å²) in [5.41, 5.74) is 1.64. The first kappa shape index (κ1) is 15.0. The highest BCUT2D eigenvalue weighted by Crippen LogP contribution is 2.25. The maximum absolute atomic E-state index is 12.5. The summed E-state index contributed by atoms with van der Waals surface area (Å²) >= 11 is 1.44. The predicted molar refractivity (Wildman–Crippen MR) is 83.7 cm³/mol. The number of benzene rings is 1. The first-order chi connectivity index (χ1) is 9.58. The Labute approximate surface area is 123 Å². The summed E-state index contributed by atoms with van der Waals surface area (Å²) in [6.07, 6.45) is 0.783. The van der Waals surface area contributed by atoms with Gasteiger partial charge in [-0.15, -0.1) is 11.3 Å². The van der Waals surface area contributed by atoms with Crippen molar-refractivity contribution in [2.24, 2.45) is 0 Å². The average Bonchev–Trinajstić information content (AvgIpc) is 2.88. The maximum atomic E-state index is 12.5. The molecule has 0 saturated heterocycles. The molecule has 2 rings (SSSR count). The van der Waals surface area contributed by atoms with E-state index in [0.29, 0.717) is 17.1 Å². The van der Waals surface area contributed by atoms with Gasteiger partial charge in [0, 0.05) is 11.4 Å². The summed E-state index contributed by atoms with van der Waals surface area (Å²) in [4.78, 5) is 1.16. The third-order valence-electron chi connectivity index (χ3n) is 2.97. The normalized spacial score (nSPS) is 11.5. The molecular formula is C14H18N2O2S2. The van der Waals surface area contributed by atoms with Gasteiger partial charge in [-0.1, -0.05) is 25.1 Å². The highest BCUT2D eigenvalue weighted by atomic mass is 32.2. The van der Waals surface area contributed by atoms with E-state index in [1.807, 2.05) is 25.1 Å². The van der Waals surface area contributed by atoms with E-state index in [-0.39, 0.29) is 0 Å². The fourth-order valence-corrected chi connectivity index (χ4v) is 4.54. The topological polar surface area (TPSA) is 58.2 Å². The van der Waals surface area contributed by atoms with Crippen molar-refractivity contribution in [1.29, 1.82) is 0 Å². The lowest BCUT2D eigenvalue weighted by Crippen LogP contribution is -2.16. The zero-order chi connectivity index (χ0) is 14.6. The van der Waals surface area contributed by atoms with E-state index in [4.69, 9.17) is 0 Å². The standard InChI is InChI=1S/C14H18N2O2S2/c1-3-11-6-4-5-7-12(11)16-20(17,18)14-8-9-19-13(14)10-15-2/h4-9,15-16H,3,10H2,1-2H3. The molecule has 0 spiro atoms. The van der Waals surface area contributed by atoms with Gasteiger partial charge in [-0.2, -0.15) is 0 Å². The molecule has 0 saturated carbocycles. The molecule has 0 aliphatic heterocycles. The van der Waals surface area contributed by atoms with Crippen LogP contribution in [-0.4, -0.2) is 15.5 Å². The number of para-hydroxylation sites is 1. The summed E-state index contributed by atoms with van der Waals surface area (Å²) in [6.45, 7) is 2.55. The SMILES string of the molecule is CCc1ccccc1NS(=O)(=O)c1ccsc1CNC. The van der Waals surface area contributed by atoms with Crippen molar-refractivity contribution >= 4 is 27.0 Å². The number of hydrogen-bond donors (Lipinski definition) is 2. The molecule has 0 bridgehead atoms. The second kappa shape index (κ2) is 6.39. The summed E-state index contributed by atoms with van der Waals surface area (Å²) in [6, 6.07) is 9.11. The Morgan fingerprint density at radius 3 is 2.65 bits per heavy atom. The highest BCUT2D eigenvalue weighted by molar-refractivity contribution is 7.93. The molecule has 1 aromatic heterocycles. The third kappa shape index (κ3) is 3.20. The highest BCUT2D eigenvalue weighted by Gasteiger charge is 2.20. The van der Waals surface area contributed by atoms with Crippen molar-refractivity contribution in [1.82, 2.24) is 5.32 Å². The molecule has 2 N–H and O–H groups in total. The molecule has 0 fully saturated rings. The molecular weight excluding hydrogens is 292 g/mol. The first-order valence-electron chi connectivity index (χ1n) is 6.40. The Bertz CT molecular complexity index is 678. The van der Waals surface area contributed by atoms with Crippen LogP contribution in [0, 0.1) is 0 Å². The summed E-state index contributed by atoms with van der Waals surface area (Å²) in [5.74, 6) is 0. The van der Waals surface area contributed by atoms with Gasteiger partial charge >= 0.3 is 0 Å². The van der Waals surface area contributed by atoms with E-state index in [1.165, 1.54) is 11.3 Å². The molecule has 0 amide bonds. The van der Waals surface area contributed by atoms with Crippen molar-refractivity contribution in [3.63, 3.8) is 0 Å². The lowest BCUT2D eigenvalue weighted by molar-refractivity contribution is 0.600. The number of thiophene rings is 1. The number of anilines is 1. The van der Waals surface area contributed by atoms with Crippen molar-refractivity contribution in [2.45, 2.75) is 24.8 Å². The number of hydrogen-bond acceptors (Lipinski definition) is 4. The van der Waals surface area contributed by atoms with E-state index in [0.717, 1.165) is 16.9 Å². The lowest BCUT2D eigenvalue weighted by Gasteiger charge is -2.12. The molecule has 2 aromatic rings. The quantitative estimate of drug-likeness (QED) is 0.862. The van der Waals surface area contributed by atoms with Crippen LogP contribution >= 0.6 is 11.3 Å². The lowest BCUT2D eigenvalue weighted by atomic mass is 10.1. The average molecular weight is 310 g/mol. The van der Waals surface area contributed by atoms with Gasteiger partial charge in [0.2, 0.25) is 0 Å². The predicted octanol–water partition coefficient (Wildman–Crippen LogP) is 2.83. The van der Waals surface area contributed by atoms with Crippen molar-refractivity contribution in [3.8, 4) is 0 Å². The molecule has 0 aliphatic carbocycles. The van der Waals surface area contributed by atoms with Gasteiger partial charge in [0.05, 0.1) is 5.69 Å². The summed E-state index contributed by atoms with van der Waals surface area (Å²) in [5, 5.41) is 4.79. The first-order valence-corrected chi connectivity index (χ1v) is 8.76. The van der Waals surface area contributed by atoms with Crippen LogP contribution in [0.5, 0.6) is 0 Å². The Hall–Kier alpha value is -1.37. The van der Waals surface area contributed by atoms with E-state index in [2.05, 4.69) is 10.0 Å². The molecule has 108 valence electrons. The van der Waals surface area contributed by atoms with E-state index < -0.39 is 10.0 Å². The molecule has 4 nitrogen and oxygen atoms in total. The maximum Gasteiger partial charge on any atom is 0.263 e. The van der Waals surface area contributed by atoms with E-state index in [9.17, 15) is 8.42 Å². The minimum absolute atomic E-state index is 0.350. The number of nitrogens with one attached hydrogen (secondary N) is 2. The largest absolute Gasteiger partial charge is 0.315 e. The van der Waals surface area contributed by atoms with Crippen LogP contribution in [-0.2, 0) is 23.0 Å². The second-order valence-corrected chi connectivity index (χ2v) is 7.01. The molecule has 1 heterocycles. The minimum atomic E-state index is -3.54. The molecule has 20 heavy (non-hydrogen) atoms. The molecule has 0 atom stereocenters. The van der Waals surface area contributed by atoms with E-state index >= 15 is 0 Å². The van der Waals surface area contributed by atoms with Gasteiger partial charge in [0.25, 0.3) is 10.0 Å². The summed E-state index contributed by atoms with van der Waals surface area (Å²) < 4.78 is 27.7. The van der Waals surface area contributed by atoms with E-state index in [1.54, 1.807) is 24.6 Å². The van der Waals surface area contributed by atoms with Crippen molar-refractivity contribution in [2.75, 3.05) is 11.8 Å². The Morgan fingerprint density at radius 2 is 1.95 bits per heavy atom. The van der Waals surface area contributed by atoms with Crippen LogP contribution in [0.4, 0.5) is 5.69 Å². The smallest absolute Gasteiger partial charge is 0.263 e.